The van der Waals surface area contributed by atoms with E-state index in [1.165, 1.54) is 17.8 Å². The fourth-order valence-electron chi connectivity index (χ4n) is 1.85. The zero-order valence-electron chi connectivity index (χ0n) is 11.1. The summed E-state index contributed by atoms with van der Waals surface area (Å²) in [6.45, 7) is 0. The predicted octanol–water partition coefficient (Wildman–Crippen LogP) is 1.53. The fourth-order valence-corrected chi connectivity index (χ4v) is 2.70. The first-order valence-corrected chi connectivity index (χ1v) is 7.12. The molecule has 0 aliphatic carbocycles. The van der Waals surface area contributed by atoms with Crippen LogP contribution in [0.5, 0.6) is 0 Å². The number of nitrogens with two attached hydrogens (primary N) is 1. The van der Waals surface area contributed by atoms with Gasteiger partial charge >= 0.3 is 0 Å². The summed E-state index contributed by atoms with van der Waals surface area (Å²) in [7, 11) is 0. The van der Waals surface area contributed by atoms with Crippen LogP contribution in [0.2, 0.25) is 0 Å². The molecule has 2 heterocycles. The largest absolute Gasteiger partial charge is 0.369 e. The summed E-state index contributed by atoms with van der Waals surface area (Å²) in [5, 5.41) is 9.14. The monoisotopic (exact) mass is 316 g/mol. The Morgan fingerprint density at radius 2 is 2.18 bits per heavy atom. The minimum atomic E-state index is -0.456. The number of anilines is 1. The molecule has 0 aliphatic heterocycles. The predicted molar refractivity (Wildman–Crippen MR) is 79.6 cm³/mol. The molecule has 0 aliphatic rings. The number of nitrogens with one attached hydrogen (secondary N) is 2. The number of benzene rings is 1. The number of nitrogens with zero attached hydrogens (tertiary/aromatic N) is 3. The van der Waals surface area contributed by atoms with E-state index in [4.69, 9.17) is 11.0 Å². The number of imidazole rings is 1. The topological polar surface area (TPSA) is 124 Å². The number of rotatable bonds is 3. The number of hydrogen-bond donors (Lipinski definition) is 3. The smallest absolute Gasteiger partial charge is 0.278 e. The van der Waals surface area contributed by atoms with Crippen molar-refractivity contribution in [2.24, 2.45) is 0 Å². The van der Waals surface area contributed by atoms with Crippen LogP contribution in [0.4, 0.5) is 10.3 Å². The first-order valence-electron chi connectivity index (χ1n) is 6.13. The first-order chi connectivity index (χ1) is 10.6. The van der Waals surface area contributed by atoms with Crippen molar-refractivity contribution >= 4 is 28.9 Å². The van der Waals surface area contributed by atoms with Gasteiger partial charge in [0.05, 0.1) is 11.6 Å². The van der Waals surface area contributed by atoms with Crippen molar-refractivity contribution < 1.29 is 4.39 Å². The highest BCUT2D eigenvalue weighted by atomic mass is 32.2. The van der Waals surface area contributed by atoms with Crippen LogP contribution < -0.4 is 11.3 Å². The van der Waals surface area contributed by atoms with Crippen LogP contribution in [-0.4, -0.2) is 19.9 Å². The molecule has 0 saturated carbocycles. The van der Waals surface area contributed by atoms with E-state index in [2.05, 4.69) is 19.9 Å². The number of hydrogen-bond acceptors (Lipinski definition) is 6. The molecule has 0 unspecified atom stereocenters. The summed E-state index contributed by atoms with van der Waals surface area (Å²) in [4.78, 5) is 24.9. The lowest BCUT2D eigenvalue weighted by Gasteiger charge is -2.01. The molecule has 2 aromatic heterocycles. The second-order valence-electron chi connectivity index (χ2n) is 4.40. The second-order valence-corrected chi connectivity index (χ2v) is 5.36. The SMILES string of the molecule is N#Cc1ccc(CSc2nc3nc(N)[nH]c(=O)c3[nH]2)c(F)c1. The van der Waals surface area contributed by atoms with Crippen molar-refractivity contribution in [1.29, 1.82) is 5.26 Å². The third-order valence-corrected chi connectivity index (χ3v) is 3.83. The molecule has 4 N–H and O–H groups in total. The van der Waals surface area contributed by atoms with Crippen molar-refractivity contribution in [2.45, 2.75) is 10.9 Å². The molecular weight excluding hydrogens is 307 g/mol. The van der Waals surface area contributed by atoms with Crippen LogP contribution in [0, 0.1) is 17.1 Å². The van der Waals surface area contributed by atoms with Crippen LogP contribution in [0.25, 0.3) is 11.2 Å². The van der Waals surface area contributed by atoms with Gasteiger partial charge < -0.3 is 10.7 Å². The van der Waals surface area contributed by atoms with Gasteiger partial charge in [0.1, 0.15) is 5.82 Å². The van der Waals surface area contributed by atoms with E-state index >= 15 is 0 Å². The lowest BCUT2D eigenvalue weighted by molar-refractivity contribution is 0.617. The molecule has 0 fully saturated rings. The molecule has 3 rings (SSSR count). The highest BCUT2D eigenvalue weighted by Gasteiger charge is 2.10. The summed E-state index contributed by atoms with van der Waals surface area (Å²) in [6.07, 6.45) is 0. The Labute approximate surface area is 127 Å². The molecule has 9 heteroatoms. The Kier molecular flexibility index (Phi) is 3.52. The Morgan fingerprint density at radius 3 is 2.91 bits per heavy atom. The molecule has 22 heavy (non-hydrogen) atoms. The van der Waals surface area contributed by atoms with Crippen LogP contribution in [0.15, 0.2) is 28.2 Å². The van der Waals surface area contributed by atoms with Crippen molar-refractivity contribution in [3.05, 3.63) is 45.5 Å². The Hall–Kier alpha value is -2.86. The summed E-state index contributed by atoms with van der Waals surface area (Å²) in [5.74, 6) is -0.174. The maximum Gasteiger partial charge on any atom is 0.278 e. The average molecular weight is 316 g/mol. The fraction of sp³-hybridized carbons (Fsp3) is 0.0769. The minimum absolute atomic E-state index is 0.0151. The molecule has 0 radical (unpaired) electrons. The van der Waals surface area contributed by atoms with E-state index in [1.54, 1.807) is 12.1 Å². The molecule has 3 aromatic rings. The molecule has 0 bridgehead atoms. The third-order valence-electron chi connectivity index (χ3n) is 2.90. The highest BCUT2D eigenvalue weighted by Crippen LogP contribution is 2.23. The highest BCUT2D eigenvalue weighted by molar-refractivity contribution is 7.98. The van der Waals surface area contributed by atoms with Gasteiger partial charge in [0, 0.05) is 5.75 Å². The average Bonchev–Trinajstić information content (AvgIpc) is 2.89. The number of thioether (sulfide) groups is 1. The van der Waals surface area contributed by atoms with E-state index < -0.39 is 11.4 Å². The number of aromatic amines is 2. The normalized spacial score (nSPS) is 10.7. The van der Waals surface area contributed by atoms with Crippen LogP contribution >= 0.6 is 11.8 Å². The van der Waals surface area contributed by atoms with Gasteiger partial charge in [0.15, 0.2) is 16.3 Å². The maximum atomic E-state index is 13.8. The van der Waals surface area contributed by atoms with Crippen molar-refractivity contribution in [1.82, 2.24) is 19.9 Å². The molecule has 110 valence electrons. The van der Waals surface area contributed by atoms with Gasteiger partial charge in [-0.2, -0.15) is 10.2 Å². The lowest BCUT2D eigenvalue weighted by atomic mass is 10.1. The molecular formula is C13H9FN6OS. The lowest BCUT2D eigenvalue weighted by Crippen LogP contribution is -2.10. The van der Waals surface area contributed by atoms with Crippen LogP contribution in [-0.2, 0) is 5.75 Å². The van der Waals surface area contributed by atoms with Gasteiger partial charge in [-0.3, -0.25) is 9.78 Å². The number of fused-ring (bicyclic) bond motifs is 1. The second kappa shape index (κ2) is 5.50. The van der Waals surface area contributed by atoms with Crippen LogP contribution in [0.3, 0.4) is 0 Å². The van der Waals surface area contributed by atoms with Crippen molar-refractivity contribution in [2.75, 3.05) is 5.73 Å². The number of nitriles is 1. The summed E-state index contributed by atoms with van der Waals surface area (Å²) < 4.78 is 13.8. The van der Waals surface area contributed by atoms with E-state index in [1.807, 2.05) is 6.07 Å². The minimum Gasteiger partial charge on any atom is -0.369 e. The van der Waals surface area contributed by atoms with Gasteiger partial charge in [-0.25, -0.2) is 9.37 Å². The molecule has 0 atom stereocenters. The van der Waals surface area contributed by atoms with Gasteiger partial charge in [0.2, 0.25) is 5.95 Å². The number of H-pyrrole nitrogens is 2. The zero-order chi connectivity index (χ0) is 15.7. The van der Waals surface area contributed by atoms with Crippen LogP contribution in [0.1, 0.15) is 11.1 Å². The number of nitrogen functional groups attached to an aromatic ring is 1. The third kappa shape index (κ3) is 2.64. The van der Waals surface area contributed by atoms with Gasteiger partial charge in [-0.05, 0) is 17.7 Å². The first kappa shape index (κ1) is 14.1. The molecule has 0 amide bonds. The quantitative estimate of drug-likeness (QED) is 0.629. The van der Waals surface area contributed by atoms with E-state index in [0.717, 1.165) is 0 Å². The van der Waals surface area contributed by atoms with Gasteiger partial charge in [-0.15, -0.1) is 0 Å². The Morgan fingerprint density at radius 1 is 1.36 bits per heavy atom. The molecule has 7 nitrogen and oxygen atoms in total. The number of aromatic nitrogens is 4. The summed E-state index contributed by atoms with van der Waals surface area (Å²) in [6, 6.07) is 6.15. The number of halogens is 1. The van der Waals surface area contributed by atoms with Gasteiger partial charge in [-0.1, -0.05) is 17.8 Å². The standard InChI is InChI=1S/C13H9FN6OS/c14-8-3-6(4-15)1-2-7(8)5-22-13-17-9-10(19-13)18-12(16)20-11(9)21/h1-3H,5H2,(H4,16,17,18,19,20,21). The summed E-state index contributed by atoms with van der Waals surface area (Å²) in [5.41, 5.74) is 6.16. The van der Waals surface area contributed by atoms with E-state index in [0.29, 0.717) is 16.5 Å². The maximum absolute atomic E-state index is 13.8. The zero-order valence-corrected chi connectivity index (χ0v) is 11.9. The molecule has 0 saturated heterocycles. The van der Waals surface area contributed by atoms with E-state index in [-0.39, 0.29) is 22.7 Å². The van der Waals surface area contributed by atoms with E-state index in [9.17, 15) is 9.18 Å². The molecule has 0 spiro atoms. The molecule has 1 aromatic carbocycles. The summed E-state index contributed by atoms with van der Waals surface area (Å²) >= 11 is 1.22. The van der Waals surface area contributed by atoms with Crippen molar-refractivity contribution in [3.8, 4) is 6.07 Å². The van der Waals surface area contributed by atoms with Gasteiger partial charge in [0.25, 0.3) is 5.56 Å². The Bertz CT molecular complexity index is 957. The van der Waals surface area contributed by atoms with Crippen molar-refractivity contribution in [3.63, 3.8) is 0 Å². The Balaban J connectivity index is 1.84.